The summed E-state index contributed by atoms with van der Waals surface area (Å²) in [6, 6.07) is 13.4. The third-order valence-corrected chi connectivity index (χ3v) is 3.84. The molecule has 1 heterocycles. The van der Waals surface area contributed by atoms with Gasteiger partial charge in [0.1, 0.15) is 13.2 Å². The van der Waals surface area contributed by atoms with Crippen LogP contribution in [0.25, 0.3) is 5.57 Å². The SMILES string of the molecule is CCOc1cc(C(=CC#N)c2ccc3c(c2)OCCO3)ccc1OC. The molecule has 0 saturated carbocycles. The van der Waals surface area contributed by atoms with E-state index in [0.29, 0.717) is 37.1 Å². The van der Waals surface area contributed by atoms with Gasteiger partial charge in [0.05, 0.1) is 19.8 Å². The summed E-state index contributed by atoms with van der Waals surface area (Å²) >= 11 is 0. The van der Waals surface area contributed by atoms with E-state index < -0.39 is 0 Å². The summed E-state index contributed by atoms with van der Waals surface area (Å²) in [6.45, 7) is 3.51. The molecule has 128 valence electrons. The molecule has 1 aliphatic heterocycles. The number of methoxy groups -OCH3 is 1. The standard InChI is InChI=1S/C20H19NO4/c1-3-23-19-12-14(4-6-17(19)22-2)16(8-9-21)15-5-7-18-20(13-15)25-11-10-24-18/h4-8,12-13H,3,10-11H2,1-2H3. The van der Waals surface area contributed by atoms with E-state index in [4.69, 9.17) is 18.9 Å². The molecule has 3 rings (SSSR count). The molecule has 0 aliphatic carbocycles. The normalized spacial score (nSPS) is 13.1. The smallest absolute Gasteiger partial charge is 0.161 e. The Kier molecular flexibility index (Phi) is 5.10. The lowest BCUT2D eigenvalue weighted by Crippen LogP contribution is -2.15. The van der Waals surface area contributed by atoms with Crippen LogP contribution < -0.4 is 18.9 Å². The monoisotopic (exact) mass is 337 g/mol. The topological polar surface area (TPSA) is 60.7 Å². The third kappa shape index (κ3) is 3.53. The van der Waals surface area contributed by atoms with Crippen molar-refractivity contribution in [3.05, 3.63) is 53.6 Å². The number of ether oxygens (including phenoxy) is 4. The molecule has 0 atom stereocenters. The molecule has 1 aliphatic rings. The molecule has 0 fully saturated rings. The van der Waals surface area contributed by atoms with Crippen LogP contribution in [0.1, 0.15) is 18.1 Å². The van der Waals surface area contributed by atoms with Gasteiger partial charge in [-0.1, -0.05) is 12.1 Å². The van der Waals surface area contributed by atoms with Gasteiger partial charge < -0.3 is 18.9 Å². The van der Waals surface area contributed by atoms with E-state index in [1.54, 1.807) is 7.11 Å². The van der Waals surface area contributed by atoms with Crippen LogP contribution in [-0.2, 0) is 0 Å². The number of rotatable bonds is 5. The summed E-state index contributed by atoms with van der Waals surface area (Å²) in [5.74, 6) is 2.70. The lowest BCUT2D eigenvalue weighted by atomic mass is 9.97. The highest BCUT2D eigenvalue weighted by Gasteiger charge is 2.15. The second kappa shape index (κ2) is 7.63. The highest BCUT2D eigenvalue weighted by Crippen LogP contribution is 2.37. The average Bonchev–Trinajstić information content (AvgIpc) is 2.66. The van der Waals surface area contributed by atoms with Crippen molar-refractivity contribution >= 4 is 5.57 Å². The average molecular weight is 337 g/mol. The Morgan fingerprint density at radius 3 is 2.52 bits per heavy atom. The maximum absolute atomic E-state index is 9.23. The van der Waals surface area contributed by atoms with Crippen LogP contribution >= 0.6 is 0 Å². The summed E-state index contributed by atoms with van der Waals surface area (Å²) in [4.78, 5) is 0. The van der Waals surface area contributed by atoms with Crippen molar-refractivity contribution in [2.45, 2.75) is 6.92 Å². The lowest BCUT2D eigenvalue weighted by Gasteiger charge is -2.19. The molecule has 0 unspecified atom stereocenters. The number of fused-ring (bicyclic) bond motifs is 1. The Morgan fingerprint density at radius 1 is 1.08 bits per heavy atom. The first kappa shape index (κ1) is 16.7. The van der Waals surface area contributed by atoms with Crippen LogP contribution in [0, 0.1) is 11.3 Å². The van der Waals surface area contributed by atoms with Crippen LogP contribution in [0.15, 0.2) is 42.5 Å². The molecule has 2 aromatic carbocycles. The molecule has 0 radical (unpaired) electrons. The van der Waals surface area contributed by atoms with Gasteiger partial charge in [0.15, 0.2) is 23.0 Å². The van der Waals surface area contributed by atoms with Gasteiger partial charge in [0.25, 0.3) is 0 Å². The molecule has 0 aromatic heterocycles. The minimum atomic E-state index is 0.519. The molecule has 0 spiro atoms. The summed E-state index contributed by atoms with van der Waals surface area (Å²) in [7, 11) is 1.60. The molecule has 5 nitrogen and oxygen atoms in total. The minimum absolute atomic E-state index is 0.519. The molecule has 5 heteroatoms. The predicted molar refractivity (Wildman–Crippen MR) is 94.3 cm³/mol. The maximum atomic E-state index is 9.23. The van der Waals surface area contributed by atoms with Crippen molar-refractivity contribution in [3.63, 3.8) is 0 Å². The number of nitrogens with zero attached hydrogens (tertiary/aromatic N) is 1. The van der Waals surface area contributed by atoms with E-state index in [1.807, 2.05) is 43.3 Å². The molecule has 25 heavy (non-hydrogen) atoms. The first-order valence-corrected chi connectivity index (χ1v) is 8.07. The number of allylic oxidation sites excluding steroid dienone is 1. The fourth-order valence-electron chi connectivity index (χ4n) is 2.72. The van der Waals surface area contributed by atoms with Crippen molar-refractivity contribution in [2.24, 2.45) is 0 Å². The van der Waals surface area contributed by atoms with Crippen LogP contribution in [0.3, 0.4) is 0 Å². The Balaban J connectivity index is 2.04. The van der Waals surface area contributed by atoms with E-state index in [0.717, 1.165) is 22.4 Å². The van der Waals surface area contributed by atoms with Crippen LogP contribution in [0.5, 0.6) is 23.0 Å². The zero-order valence-corrected chi connectivity index (χ0v) is 14.2. The first-order chi connectivity index (χ1) is 12.3. The molecule has 2 aromatic rings. The van der Waals surface area contributed by atoms with E-state index in [2.05, 4.69) is 6.07 Å². The van der Waals surface area contributed by atoms with Gasteiger partial charge in [-0.05, 0) is 47.9 Å². The molecular formula is C20H19NO4. The van der Waals surface area contributed by atoms with Crippen LogP contribution in [0.2, 0.25) is 0 Å². The largest absolute Gasteiger partial charge is 0.493 e. The Labute approximate surface area is 147 Å². The first-order valence-electron chi connectivity index (χ1n) is 8.07. The summed E-state index contributed by atoms with van der Waals surface area (Å²) in [5.41, 5.74) is 2.52. The van der Waals surface area contributed by atoms with Crippen molar-refractivity contribution in [2.75, 3.05) is 26.9 Å². The fourth-order valence-corrected chi connectivity index (χ4v) is 2.72. The van der Waals surface area contributed by atoms with Crippen molar-refractivity contribution in [1.29, 1.82) is 5.26 Å². The number of nitriles is 1. The van der Waals surface area contributed by atoms with Crippen molar-refractivity contribution in [1.82, 2.24) is 0 Å². The summed E-state index contributed by atoms with van der Waals surface area (Å²) in [6.07, 6.45) is 1.52. The van der Waals surface area contributed by atoms with Gasteiger partial charge in [-0.2, -0.15) is 5.26 Å². The van der Waals surface area contributed by atoms with Crippen molar-refractivity contribution < 1.29 is 18.9 Å². The summed E-state index contributed by atoms with van der Waals surface area (Å²) in [5, 5.41) is 9.23. The van der Waals surface area contributed by atoms with Gasteiger partial charge in [-0.3, -0.25) is 0 Å². The fraction of sp³-hybridized carbons (Fsp3) is 0.250. The molecule has 0 amide bonds. The minimum Gasteiger partial charge on any atom is -0.493 e. The van der Waals surface area contributed by atoms with Crippen LogP contribution in [0.4, 0.5) is 0 Å². The van der Waals surface area contributed by atoms with E-state index >= 15 is 0 Å². The molecule has 0 saturated heterocycles. The van der Waals surface area contributed by atoms with Gasteiger partial charge in [0.2, 0.25) is 0 Å². The molecular weight excluding hydrogens is 318 g/mol. The Morgan fingerprint density at radius 2 is 1.80 bits per heavy atom. The van der Waals surface area contributed by atoms with E-state index in [1.165, 1.54) is 6.08 Å². The quantitative estimate of drug-likeness (QED) is 0.776. The molecule has 0 N–H and O–H groups in total. The Bertz CT molecular complexity index is 836. The zero-order chi connectivity index (χ0) is 17.6. The van der Waals surface area contributed by atoms with Gasteiger partial charge in [0, 0.05) is 6.08 Å². The van der Waals surface area contributed by atoms with Crippen molar-refractivity contribution in [3.8, 4) is 29.1 Å². The lowest BCUT2D eigenvalue weighted by molar-refractivity contribution is 0.171. The molecule has 0 bridgehead atoms. The number of hydrogen-bond donors (Lipinski definition) is 0. The third-order valence-electron chi connectivity index (χ3n) is 3.84. The maximum Gasteiger partial charge on any atom is 0.161 e. The second-order valence-corrected chi connectivity index (χ2v) is 5.34. The predicted octanol–water partition coefficient (Wildman–Crippen LogP) is 3.82. The van der Waals surface area contributed by atoms with Gasteiger partial charge in [-0.25, -0.2) is 0 Å². The zero-order valence-electron chi connectivity index (χ0n) is 14.2. The highest BCUT2D eigenvalue weighted by molar-refractivity contribution is 5.83. The number of benzene rings is 2. The van der Waals surface area contributed by atoms with Gasteiger partial charge >= 0.3 is 0 Å². The Hall–Kier alpha value is -3.13. The summed E-state index contributed by atoms with van der Waals surface area (Å²) < 4.78 is 22.2. The van der Waals surface area contributed by atoms with Crippen LogP contribution in [-0.4, -0.2) is 26.9 Å². The van der Waals surface area contributed by atoms with E-state index in [-0.39, 0.29) is 0 Å². The highest BCUT2D eigenvalue weighted by atomic mass is 16.6. The van der Waals surface area contributed by atoms with Gasteiger partial charge in [-0.15, -0.1) is 0 Å². The van der Waals surface area contributed by atoms with E-state index in [9.17, 15) is 5.26 Å². The second-order valence-electron chi connectivity index (χ2n) is 5.34. The number of hydrogen-bond acceptors (Lipinski definition) is 5.